The van der Waals surface area contributed by atoms with Crippen LogP contribution in [0.3, 0.4) is 0 Å². The molecule has 2 bridgehead atoms. The van der Waals surface area contributed by atoms with Gasteiger partial charge in [-0.1, -0.05) is 6.07 Å². The molecule has 0 radical (unpaired) electrons. The minimum absolute atomic E-state index is 0.127. The van der Waals surface area contributed by atoms with Gasteiger partial charge in [0.25, 0.3) is 0 Å². The molecule has 7 rings (SSSR count). The third kappa shape index (κ3) is 3.59. The van der Waals surface area contributed by atoms with Crippen LogP contribution in [0.15, 0.2) is 30.7 Å². The van der Waals surface area contributed by atoms with E-state index in [1.54, 1.807) is 23.0 Å². The lowest BCUT2D eigenvalue weighted by atomic mass is 9.85. The quantitative estimate of drug-likeness (QED) is 0.381. The van der Waals surface area contributed by atoms with Gasteiger partial charge >= 0.3 is 0 Å². The van der Waals surface area contributed by atoms with Gasteiger partial charge in [0.15, 0.2) is 11.5 Å². The number of nitrogen functional groups attached to an aromatic ring is 1. The second-order valence-electron chi connectivity index (χ2n) is 10.4. The summed E-state index contributed by atoms with van der Waals surface area (Å²) in [6.07, 6.45) is 10.4. The lowest BCUT2D eigenvalue weighted by Gasteiger charge is -2.39. The highest BCUT2D eigenvalue weighted by molar-refractivity contribution is 5.80. The van der Waals surface area contributed by atoms with Crippen molar-refractivity contribution in [3.05, 3.63) is 47.9 Å². The molecule has 37 heavy (non-hydrogen) atoms. The van der Waals surface area contributed by atoms with Gasteiger partial charge in [-0.2, -0.15) is 19.0 Å². The van der Waals surface area contributed by atoms with E-state index in [1.807, 2.05) is 11.0 Å². The van der Waals surface area contributed by atoms with E-state index >= 15 is 0 Å². The Labute approximate surface area is 211 Å². The molecule has 0 spiro atoms. The number of carbonyl (C=O) groups is 1. The van der Waals surface area contributed by atoms with Crippen LogP contribution >= 0.6 is 0 Å². The summed E-state index contributed by atoms with van der Waals surface area (Å²) in [7, 11) is 0. The highest BCUT2D eigenvalue weighted by Gasteiger charge is 2.45. The van der Waals surface area contributed by atoms with E-state index < -0.39 is 12.6 Å². The molecule has 1 saturated carbocycles. The summed E-state index contributed by atoms with van der Waals surface area (Å²) in [6, 6.07) is 3.93. The number of anilines is 1. The molecule has 4 N–H and O–H groups in total. The zero-order valence-electron chi connectivity index (χ0n) is 20.1. The van der Waals surface area contributed by atoms with Gasteiger partial charge < -0.3 is 20.7 Å². The number of carbonyl (C=O) groups excluding carboxylic acids is 1. The van der Waals surface area contributed by atoms with Gasteiger partial charge in [-0.3, -0.25) is 9.78 Å². The number of imidazole rings is 1. The van der Waals surface area contributed by atoms with Crippen LogP contribution in [0.25, 0.3) is 28.3 Å². The van der Waals surface area contributed by atoms with Crippen molar-refractivity contribution in [2.45, 2.75) is 62.4 Å². The molecule has 190 valence electrons. The van der Waals surface area contributed by atoms with Crippen molar-refractivity contribution in [3.63, 3.8) is 0 Å². The predicted molar refractivity (Wildman–Crippen MR) is 133 cm³/mol. The van der Waals surface area contributed by atoms with Crippen LogP contribution in [0, 0.1) is 5.95 Å². The smallest absolute Gasteiger partial charge is 0.248 e. The first kappa shape index (κ1) is 22.3. The molecule has 11 heteroatoms. The Morgan fingerprint density at radius 3 is 2.51 bits per heavy atom. The number of fused-ring (bicyclic) bond motifs is 3. The van der Waals surface area contributed by atoms with Crippen LogP contribution in [0.4, 0.5) is 10.2 Å². The fourth-order valence-electron chi connectivity index (χ4n) is 6.36. The maximum absolute atomic E-state index is 13.3. The molecule has 4 aromatic heterocycles. The number of nitrogens with one attached hydrogen (secondary N) is 1. The van der Waals surface area contributed by atoms with Crippen LogP contribution in [-0.2, 0) is 4.79 Å². The fraction of sp³-hybridized carbons (Fsp3) is 0.423. The highest BCUT2D eigenvalue weighted by atomic mass is 19.1. The molecule has 1 aliphatic carbocycles. The number of pyridine rings is 1. The van der Waals surface area contributed by atoms with Crippen molar-refractivity contribution >= 4 is 17.4 Å². The van der Waals surface area contributed by atoms with Crippen molar-refractivity contribution < 1.29 is 14.3 Å². The number of aromatic nitrogens is 6. The highest BCUT2D eigenvalue weighted by Crippen LogP contribution is 2.50. The number of aromatic amines is 1. The van der Waals surface area contributed by atoms with Crippen LogP contribution in [-0.4, -0.2) is 64.2 Å². The summed E-state index contributed by atoms with van der Waals surface area (Å²) in [5.74, 6) is 0.822. The van der Waals surface area contributed by atoms with E-state index in [0.717, 1.165) is 60.9 Å². The predicted octanol–water partition coefficient (Wildman–Crippen LogP) is 3.01. The maximum atomic E-state index is 13.3. The van der Waals surface area contributed by atoms with E-state index in [4.69, 9.17) is 10.7 Å². The second-order valence-corrected chi connectivity index (χ2v) is 10.4. The van der Waals surface area contributed by atoms with E-state index in [1.165, 1.54) is 6.20 Å². The van der Waals surface area contributed by atoms with Crippen molar-refractivity contribution in [3.8, 4) is 22.6 Å². The summed E-state index contributed by atoms with van der Waals surface area (Å²) < 4.78 is 15.0. The van der Waals surface area contributed by atoms with Gasteiger partial charge in [-0.05, 0) is 50.5 Å². The lowest BCUT2D eigenvalue weighted by molar-refractivity contribution is -0.138. The zero-order chi connectivity index (χ0) is 25.3. The lowest BCUT2D eigenvalue weighted by Crippen LogP contribution is -2.47. The Kier molecular flexibility index (Phi) is 5.04. The topological polar surface area (TPSA) is 138 Å². The molecular weight excluding hydrogens is 475 g/mol. The van der Waals surface area contributed by atoms with Gasteiger partial charge in [0.2, 0.25) is 11.9 Å². The average molecular weight is 503 g/mol. The number of rotatable bonds is 5. The van der Waals surface area contributed by atoms with Gasteiger partial charge in [0, 0.05) is 40.9 Å². The van der Waals surface area contributed by atoms with Crippen LogP contribution in [0.5, 0.6) is 0 Å². The number of hydrogen-bond acceptors (Lipinski definition) is 7. The number of aliphatic hydroxyl groups excluding tert-OH is 1. The molecule has 3 aliphatic rings. The summed E-state index contributed by atoms with van der Waals surface area (Å²) >= 11 is 0. The van der Waals surface area contributed by atoms with Crippen molar-refractivity contribution in [1.82, 2.24) is 34.4 Å². The number of halogens is 1. The number of hydrogen-bond donors (Lipinski definition) is 3. The molecule has 2 saturated heterocycles. The van der Waals surface area contributed by atoms with E-state index in [0.29, 0.717) is 28.9 Å². The Hall–Kier alpha value is -3.86. The van der Waals surface area contributed by atoms with Crippen LogP contribution in [0.2, 0.25) is 0 Å². The first-order valence-corrected chi connectivity index (χ1v) is 12.8. The number of nitrogens with two attached hydrogens (primary N) is 1. The molecule has 2 aliphatic heterocycles. The molecule has 3 atom stereocenters. The number of amides is 1. The summed E-state index contributed by atoms with van der Waals surface area (Å²) in [4.78, 5) is 30.5. The van der Waals surface area contributed by atoms with E-state index in [2.05, 4.69) is 20.1 Å². The fourth-order valence-corrected chi connectivity index (χ4v) is 6.36. The first-order valence-electron chi connectivity index (χ1n) is 12.8. The minimum atomic E-state index is -0.581. The Morgan fingerprint density at radius 1 is 1.11 bits per heavy atom. The normalized spacial score (nSPS) is 23.2. The summed E-state index contributed by atoms with van der Waals surface area (Å²) in [5.41, 5.74) is 11.7. The van der Waals surface area contributed by atoms with Crippen LogP contribution < -0.4 is 5.73 Å². The monoisotopic (exact) mass is 502 g/mol. The third-order valence-corrected chi connectivity index (χ3v) is 8.14. The first-order chi connectivity index (χ1) is 18.0. The summed E-state index contributed by atoms with van der Waals surface area (Å²) in [5, 5.41) is 14.0. The van der Waals surface area contributed by atoms with Crippen molar-refractivity contribution in [2.24, 2.45) is 0 Å². The molecule has 6 heterocycles. The number of nitrogens with zero attached hydrogens (tertiary/aromatic N) is 6. The number of aliphatic hydroxyl groups is 1. The van der Waals surface area contributed by atoms with Crippen LogP contribution in [0.1, 0.15) is 61.6 Å². The van der Waals surface area contributed by atoms with Gasteiger partial charge in [0.05, 0.1) is 18.1 Å². The Bertz CT molecular complexity index is 1500. The SMILES string of the molecule is Nc1c(C2CC2)c([C@@H]2C[C@H]3CC[C@@H](C2)N3C(=O)CO)nc2c(-c3ccc(-c4nc(F)c[nH]4)nc3)cnn12. The van der Waals surface area contributed by atoms with Crippen molar-refractivity contribution in [2.75, 3.05) is 12.3 Å². The van der Waals surface area contributed by atoms with Gasteiger partial charge in [0.1, 0.15) is 18.1 Å². The molecule has 4 aromatic rings. The standard InChI is InChI=1S/C26H27FN8O2/c27-20-11-30-25(32-20)19-6-3-14(9-29-19)18-10-31-35-24(28)22(13-1-2-13)23(33-26(18)35)15-7-16-4-5-17(8-15)34(16)21(37)12-36/h3,6,9-11,13,15-17,36H,1-2,4-5,7-8,12,28H2,(H,30,32)/t15-,16-,17+. The molecular formula is C26H27FN8O2. The van der Waals surface area contributed by atoms with Gasteiger partial charge in [-0.25, -0.2) is 4.98 Å². The zero-order valence-corrected chi connectivity index (χ0v) is 20.1. The molecule has 1 amide bonds. The number of piperidine rings is 1. The third-order valence-electron chi connectivity index (χ3n) is 8.14. The molecule has 0 unspecified atom stereocenters. The van der Waals surface area contributed by atoms with E-state index in [-0.39, 0.29) is 23.9 Å². The summed E-state index contributed by atoms with van der Waals surface area (Å²) in [6.45, 7) is -0.441. The van der Waals surface area contributed by atoms with Gasteiger partial charge in [-0.15, -0.1) is 0 Å². The molecule has 3 fully saturated rings. The second kappa shape index (κ2) is 8.34. The minimum Gasteiger partial charge on any atom is -0.387 e. The Balaban J connectivity index is 1.28. The molecule has 10 nitrogen and oxygen atoms in total. The Morgan fingerprint density at radius 2 is 1.89 bits per heavy atom. The average Bonchev–Trinajstić information content (AvgIpc) is 3.40. The van der Waals surface area contributed by atoms with E-state index in [9.17, 15) is 14.3 Å². The largest absolute Gasteiger partial charge is 0.387 e. The maximum Gasteiger partial charge on any atom is 0.248 e. The number of H-pyrrole nitrogens is 1. The molecule has 0 aromatic carbocycles. The van der Waals surface area contributed by atoms with Crippen molar-refractivity contribution in [1.29, 1.82) is 0 Å².